The van der Waals surface area contributed by atoms with Crippen LogP contribution in [0.15, 0.2) is 0 Å². The lowest BCUT2D eigenvalue weighted by Crippen LogP contribution is -2.61. The van der Waals surface area contributed by atoms with Gasteiger partial charge in [-0.1, -0.05) is 0 Å². The first-order valence-corrected chi connectivity index (χ1v) is 6.69. The summed E-state index contributed by atoms with van der Waals surface area (Å²) < 4.78 is 9.66. The van der Waals surface area contributed by atoms with Crippen molar-refractivity contribution in [1.82, 2.24) is 0 Å². The van der Waals surface area contributed by atoms with E-state index < -0.39 is 61.1 Å². The second-order valence-electron chi connectivity index (χ2n) is 5.19. The van der Waals surface area contributed by atoms with Crippen molar-refractivity contribution in [1.29, 1.82) is 0 Å². The summed E-state index contributed by atoms with van der Waals surface area (Å²) in [6, 6.07) is 0. The second-order valence-corrected chi connectivity index (χ2v) is 5.19. The zero-order valence-electron chi connectivity index (χ0n) is 12.0. The molecule has 0 aliphatic carbocycles. The Labute approximate surface area is 130 Å². The molecule has 11 heteroatoms. The van der Waals surface area contributed by atoms with E-state index in [-0.39, 0.29) is 6.29 Å². The summed E-state index contributed by atoms with van der Waals surface area (Å²) in [7, 11) is 0. The van der Waals surface area contributed by atoms with Gasteiger partial charge < -0.3 is 50.0 Å². The van der Waals surface area contributed by atoms with Crippen LogP contribution < -0.4 is 0 Å². The maximum atomic E-state index is 11.0. The average molecular weight is 340 g/mol. The first-order valence-electron chi connectivity index (χ1n) is 6.69. The van der Waals surface area contributed by atoms with Crippen LogP contribution in [0.2, 0.25) is 0 Å². The fraction of sp³-hybridized carbons (Fsp3) is 0.833. The number of carboxylic acids is 1. The lowest BCUT2D eigenvalue weighted by molar-refractivity contribution is -0.308. The van der Waals surface area contributed by atoms with Crippen LogP contribution in [-0.2, 0) is 19.1 Å². The maximum absolute atomic E-state index is 11.0. The molecule has 0 aromatic heterocycles. The van der Waals surface area contributed by atoms with Gasteiger partial charge in [-0.05, 0) is 6.92 Å². The molecule has 0 aromatic rings. The summed E-state index contributed by atoms with van der Waals surface area (Å²) in [5, 5.41) is 66.1. The highest BCUT2D eigenvalue weighted by Gasteiger charge is 2.48. The van der Waals surface area contributed by atoms with Gasteiger partial charge in [-0.3, -0.25) is 0 Å². The lowest BCUT2D eigenvalue weighted by Gasteiger charge is -2.40. The van der Waals surface area contributed by atoms with Crippen LogP contribution in [0.5, 0.6) is 0 Å². The van der Waals surface area contributed by atoms with E-state index in [9.17, 15) is 40.2 Å². The summed E-state index contributed by atoms with van der Waals surface area (Å²) in [5.41, 5.74) is 0. The Balaban J connectivity index is 2.87. The number of hydrogen-bond donors (Lipinski definition) is 7. The van der Waals surface area contributed by atoms with Crippen molar-refractivity contribution in [2.75, 3.05) is 0 Å². The molecule has 1 rings (SSSR count). The molecule has 0 bridgehead atoms. The molecule has 134 valence electrons. The minimum Gasteiger partial charge on any atom is -0.479 e. The van der Waals surface area contributed by atoms with Gasteiger partial charge in [0, 0.05) is 0 Å². The SMILES string of the molecule is C[C@H](O)[C@H](O)[C@@H](O)[C@H](C=O)OC1O[C@H](C(=O)O)[C@H](O)[C@H](O)[C@H]1O. The molecule has 23 heavy (non-hydrogen) atoms. The van der Waals surface area contributed by atoms with E-state index >= 15 is 0 Å². The topological polar surface area (TPSA) is 194 Å². The van der Waals surface area contributed by atoms with Gasteiger partial charge in [-0.15, -0.1) is 0 Å². The number of ether oxygens (including phenoxy) is 2. The van der Waals surface area contributed by atoms with E-state index in [1.54, 1.807) is 0 Å². The van der Waals surface area contributed by atoms with E-state index in [4.69, 9.17) is 14.6 Å². The summed E-state index contributed by atoms with van der Waals surface area (Å²) in [6.45, 7) is 1.14. The van der Waals surface area contributed by atoms with Gasteiger partial charge in [0.15, 0.2) is 18.7 Å². The summed E-state index contributed by atoms with van der Waals surface area (Å²) in [6.07, 6.45) is -16.5. The highest BCUT2D eigenvalue weighted by atomic mass is 16.7. The number of hydrogen-bond acceptors (Lipinski definition) is 10. The van der Waals surface area contributed by atoms with Gasteiger partial charge in [-0.25, -0.2) is 4.79 Å². The number of carbonyl (C=O) groups excluding carboxylic acids is 1. The molecule has 1 saturated heterocycles. The number of carboxylic acid groups (broad SMARTS) is 1. The van der Waals surface area contributed by atoms with Gasteiger partial charge >= 0.3 is 5.97 Å². The smallest absolute Gasteiger partial charge is 0.335 e. The molecule has 0 radical (unpaired) electrons. The minimum absolute atomic E-state index is 0.0412. The molecule has 9 atom stereocenters. The third-order valence-corrected chi connectivity index (χ3v) is 3.42. The van der Waals surface area contributed by atoms with Crippen molar-refractivity contribution in [3.05, 3.63) is 0 Å². The standard InChI is InChI=1S/C12H20O11/c1-3(14)5(15)6(16)4(2-13)22-12-9(19)7(17)8(18)10(23-12)11(20)21/h2-10,12,14-19H,1H3,(H,20,21)/t3-,4-,5-,6-,7-,8+,9+,10-,12?/m0/s1. The zero-order chi connectivity index (χ0) is 17.9. The summed E-state index contributed by atoms with van der Waals surface area (Å²) >= 11 is 0. The van der Waals surface area contributed by atoms with Crippen molar-refractivity contribution in [3.63, 3.8) is 0 Å². The molecule has 1 aliphatic rings. The van der Waals surface area contributed by atoms with Crippen molar-refractivity contribution in [3.8, 4) is 0 Å². The van der Waals surface area contributed by atoms with Gasteiger partial charge in [0.05, 0.1) is 6.10 Å². The molecule has 0 saturated carbocycles. The van der Waals surface area contributed by atoms with Gasteiger partial charge in [-0.2, -0.15) is 0 Å². The van der Waals surface area contributed by atoms with Crippen LogP contribution in [0, 0.1) is 0 Å². The fourth-order valence-corrected chi connectivity index (χ4v) is 1.99. The van der Waals surface area contributed by atoms with Crippen LogP contribution >= 0.6 is 0 Å². The van der Waals surface area contributed by atoms with Crippen LogP contribution in [0.4, 0.5) is 0 Å². The Kier molecular flexibility index (Phi) is 6.98. The number of aliphatic hydroxyl groups excluding tert-OH is 6. The minimum atomic E-state index is -1.94. The van der Waals surface area contributed by atoms with Gasteiger partial charge in [0.1, 0.15) is 36.6 Å². The van der Waals surface area contributed by atoms with E-state index in [1.807, 2.05) is 0 Å². The van der Waals surface area contributed by atoms with E-state index in [1.165, 1.54) is 0 Å². The number of aldehydes is 1. The maximum Gasteiger partial charge on any atom is 0.335 e. The highest BCUT2D eigenvalue weighted by Crippen LogP contribution is 2.24. The van der Waals surface area contributed by atoms with Crippen molar-refractivity contribution in [2.45, 2.75) is 62.0 Å². The second kappa shape index (κ2) is 8.08. The molecular formula is C12H20O11. The molecular weight excluding hydrogens is 320 g/mol. The van der Waals surface area contributed by atoms with Crippen LogP contribution in [0.1, 0.15) is 6.92 Å². The van der Waals surface area contributed by atoms with Gasteiger partial charge in [0.25, 0.3) is 0 Å². The quantitative estimate of drug-likeness (QED) is 0.221. The first-order chi connectivity index (χ1) is 10.6. The average Bonchev–Trinajstić information content (AvgIpc) is 2.50. The third-order valence-electron chi connectivity index (χ3n) is 3.42. The Hall–Kier alpha value is -1.18. The molecule has 11 nitrogen and oxygen atoms in total. The highest BCUT2D eigenvalue weighted by molar-refractivity contribution is 5.73. The fourth-order valence-electron chi connectivity index (χ4n) is 1.99. The normalized spacial score (nSPS) is 36.7. The van der Waals surface area contributed by atoms with E-state index in [2.05, 4.69) is 0 Å². The zero-order valence-corrected chi connectivity index (χ0v) is 12.0. The Morgan fingerprint density at radius 3 is 2.09 bits per heavy atom. The van der Waals surface area contributed by atoms with Crippen LogP contribution in [0.25, 0.3) is 0 Å². The number of aliphatic carboxylic acids is 1. The first kappa shape index (κ1) is 19.9. The van der Waals surface area contributed by atoms with Crippen LogP contribution in [-0.4, -0.2) is 103 Å². The predicted octanol–water partition coefficient (Wildman–Crippen LogP) is -4.43. The predicted molar refractivity (Wildman–Crippen MR) is 68.9 cm³/mol. The third kappa shape index (κ3) is 4.43. The molecule has 1 fully saturated rings. The molecule has 1 unspecified atom stereocenters. The molecule has 0 spiro atoms. The lowest BCUT2D eigenvalue weighted by atomic mass is 9.98. The Bertz CT molecular complexity index is 414. The summed E-state index contributed by atoms with van der Waals surface area (Å²) in [4.78, 5) is 21.9. The molecule has 0 aromatic carbocycles. The number of aliphatic hydroxyl groups is 6. The van der Waals surface area contributed by atoms with Crippen LogP contribution in [0.3, 0.4) is 0 Å². The van der Waals surface area contributed by atoms with Gasteiger partial charge in [0.2, 0.25) is 0 Å². The van der Waals surface area contributed by atoms with E-state index in [0.29, 0.717) is 0 Å². The molecule has 1 heterocycles. The molecule has 0 amide bonds. The Morgan fingerprint density at radius 1 is 1.09 bits per heavy atom. The molecule has 1 aliphatic heterocycles. The van der Waals surface area contributed by atoms with Crippen molar-refractivity contribution >= 4 is 12.3 Å². The van der Waals surface area contributed by atoms with Crippen molar-refractivity contribution in [2.24, 2.45) is 0 Å². The number of rotatable bonds is 7. The molecule has 7 N–H and O–H groups in total. The number of carbonyl (C=O) groups is 2. The van der Waals surface area contributed by atoms with E-state index in [0.717, 1.165) is 6.92 Å². The summed E-state index contributed by atoms with van der Waals surface area (Å²) in [5.74, 6) is -1.65. The van der Waals surface area contributed by atoms with Crippen molar-refractivity contribution < 1.29 is 54.8 Å². The Morgan fingerprint density at radius 2 is 1.65 bits per heavy atom. The monoisotopic (exact) mass is 340 g/mol. The largest absolute Gasteiger partial charge is 0.479 e.